The van der Waals surface area contributed by atoms with E-state index in [0.717, 1.165) is 28.1 Å². The third-order valence-electron chi connectivity index (χ3n) is 4.76. The van der Waals surface area contributed by atoms with Crippen LogP contribution < -0.4 is 15.6 Å². The summed E-state index contributed by atoms with van der Waals surface area (Å²) < 4.78 is 6.97. The highest BCUT2D eigenvalue weighted by Crippen LogP contribution is 2.30. The van der Waals surface area contributed by atoms with Crippen LogP contribution in [0.15, 0.2) is 28.2 Å². The third kappa shape index (κ3) is 4.82. The highest BCUT2D eigenvalue weighted by atomic mass is 35.5. The molecule has 0 aliphatic heterocycles. The number of carbonyl (C=O) groups is 1. The first-order valence-corrected chi connectivity index (χ1v) is 11.8. The summed E-state index contributed by atoms with van der Waals surface area (Å²) in [6, 6.07) is 5.04. The fourth-order valence-corrected chi connectivity index (χ4v) is 5.09. The van der Waals surface area contributed by atoms with Crippen molar-refractivity contribution >= 4 is 56.5 Å². The molecule has 2 heterocycles. The Morgan fingerprint density at radius 3 is 2.83 bits per heavy atom. The predicted octanol–water partition coefficient (Wildman–Crippen LogP) is 5.27. The van der Waals surface area contributed by atoms with Gasteiger partial charge in [-0.15, -0.1) is 11.3 Å². The fraction of sp³-hybridized carbons (Fsp3) is 0.381. The van der Waals surface area contributed by atoms with Gasteiger partial charge in [0.05, 0.1) is 23.9 Å². The molecule has 0 saturated heterocycles. The van der Waals surface area contributed by atoms with E-state index in [9.17, 15) is 9.59 Å². The standard InChI is InChI=1S/C21H24ClN3O3S2/c1-5-6-9-25-20(27)18-12(2)13(3)30-19(18)24-21(25)29-11-17(26)23-15-10-14(22)7-8-16(15)28-4/h7-8,10H,5-6,9,11H2,1-4H3,(H,23,26). The van der Waals surface area contributed by atoms with Crippen LogP contribution in [0.5, 0.6) is 5.75 Å². The monoisotopic (exact) mass is 465 g/mol. The number of aromatic nitrogens is 2. The van der Waals surface area contributed by atoms with E-state index in [2.05, 4.69) is 12.2 Å². The molecule has 0 unspecified atom stereocenters. The van der Waals surface area contributed by atoms with Crippen molar-refractivity contribution in [2.45, 2.75) is 45.3 Å². The number of thiophene rings is 1. The minimum absolute atomic E-state index is 0.0327. The number of aryl methyl sites for hydroxylation is 2. The number of ether oxygens (including phenoxy) is 1. The largest absolute Gasteiger partial charge is 0.495 e. The average Bonchev–Trinajstić information content (AvgIpc) is 3.00. The Balaban J connectivity index is 1.85. The number of nitrogens with zero attached hydrogens (tertiary/aromatic N) is 2. The molecule has 0 spiro atoms. The molecule has 1 aromatic carbocycles. The molecule has 3 aromatic rings. The van der Waals surface area contributed by atoms with E-state index in [4.69, 9.17) is 21.3 Å². The number of halogens is 1. The zero-order chi connectivity index (χ0) is 21.8. The number of benzene rings is 1. The molecule has 0 radical (unpaired) electrons. The van der Waals surface area contributed by atoms with Crippen LogP contribution in [0.4, 0.5) is 5.69 Å². The number of carbonyl (C=O) groups excluding carboxylic acids is 1. The Bertz CT molecular complexity index is 1140. The SMILES string of the molecule is CCCCn1c(SCC(=O)Nc2cc(Cl)ccc2OC)nc2sc(C)c(C)c2c1=O. The van der Waals surface area contributed by atoms with E-state index in [0.29, 0.717) is 33.5 Å². The molecule has 0 aliphatic carbocycles. The molecule has 6 nitrogen and oxygen atoms in total. The Labute approximate surface area is 188 Å². The first-order valence-electron chi connectivity index (χ1n) is 9.62. The molecular formula is C21H24ClN3O3S2. The molecule has 30 heavy (non-hydrogen) atoms. The summed E-state index contributed by atoms with van der Waals surface area (Å²) in [6.45, 7) is 6.62. The van der Waals surface area contributed by atoms with Crippen LogP contribution in [0, 0.1) is 13.8 Å². The van der Waals surface area contributed by atoms with E-state index in [1.807, 2.05) is 13.8 Å². The van der Waals surface area contributed by atoms with Gasteiger partial charge in [0, 0.05) is 16.4 Å². The maximum absolute atomic E-state index is 13.1. The van der Waals surface area contributed by atoms with Gasteiger partial charge in [0.15, 0.2) is 5.16 Å². The molecule has 0 bridgehead atoms. The van der Waals surface area contributed by atoms with Gasteiger partial charge in [0.25, 0.3) is 5.56 Å². The number of unbranched alkanes of at least 4 members (excludes halogenated alkanes) is 1. The lowest BCUT2D eigenvalue weighted by atomic mass is 10.2. The summed E-state index contributed by atoms with van der Waals surface area (Å²) in [5.74, 6) is 0.417. The van der Waals surface area contributed by atoms with Gasteiger partial charge >= 0.3 is 0 Å². The molecular weight excluding hydrogens is 442 g/mol. The van der Waals surface area contributed by atoms with Gasteiger partial charge < -0.3 is 10.1 Å². The average molecular weight is 466 g/mol. The van der Waals surface area contributed by atoms with Crippen molar-refractivity contribution in [3.8, 4) is 5.75 Å². The molecule has 0 aliphatic rings. The summed E-state index contributed by atoms with van der Waals surface area (Å²) >= 11 is 8.80. The molecule has 9 heteroatoms. The normalized spacial score (nSPS) is 11.1. The lowest BCUT2D eigenvalue weighted by molar-refractivity contribution is -0.113. The number of amides is 1. The molecule has 0 saturated carbocycles. The fourth-order valence-electron chi connectivity index (χ4n) is 3.03. The highest BCUT2D eigenvalue weighted by Gasteiger charge is 2.18. The van der Waals surface area contributed by atoms with Crippen molar-refractivity contribution < 1.29 is 9.53 Å². The molecule has 160 valence electrons. The number of hydrogen-bond donors (Lipinski definition) is 1. The maximum Gasteiger partial charge on any atom is 0.263 e. The van der Waals surface area contributed by atoms with E-state index >= 15 is 0 Å². The molecule has 0 atom stereocenters. The van der Waals surface area contributed by atoms with E-state index in [1.54, 1.807) is 22.8 Å². The first-order chi connectivity index (χ1) is 14.3. The minimum atomic E-state index is -0.226. The lowest BCUT2D eigenvalue weighted by Gasteiger charge is -2.13. The maximum atomic E-state index is 13.1. The Kier molecular flexibility index (Phi) is 7.44. The Hall–Kier alpha value is -2.03. The number of thioether (sulfide) groups is 1. The number of rotatable bonds is 8. The van der Waals surface area contributed by atoms with Crippen LogP contribution in [0.2, 0.25) is 5.02 Å². The molecule has 1 amide bonds. The van der Waals surface area contributed by atoms with Crippen molar-refractivity contribution in [1.82, 2.24) is 9.55 Å². The molecule has 3 rings (SSSR count). The van der Waals surface area contributed by atoms with Crippen molar-refractivity contribution in [2.24, 2.45) is 0 Å². The van der Waals surface area contributed by atoms with Crippen LogP contribution in [0.1, 0.15) is 30.2 Å². The van der Waals surface area contributed by atoms with E-state index < -0.39 is 0 Å². The summed E-state index contributed by atoms with van der Waals surface area (Å²) in [7, 11) is 1.53. The molecule has 0 fully saturated rings. The summed E-state index contributed by atoms with van der Waals surface area (Å²) in [6.07, 6.45) is 1.83. The van der Waals surface area contributed by atoms with Gasteiger partial charge in [-0.1, -0.05) is 36.7 Å². The second-order valence-corrected chi connectivity index (χ2v) is 9.43. The second-order valence-electron chi connectivity index (χ2n) is 6.85. The number of hydrogen-bond acceptors (Lipinski definition) is 6. The zero-order valence-electron chi connectivity index (χ0n) is 17.4. The molecule has 1 N–H and O–H groups in total. The third-order valence-corrected chi connectivity index (χ3v) is 7.07. The Morgan fingerprint density at radius 1 is 1.37 bits per heavy atom. The number of fused-ring (bicyclic) bond motifs is 1. The quantitative estimate of drug-likeness (QED) is 0.362. The topological polar surface area (TPSA) is 73.2 Å². The van der Waals surface area contributed by atoms with Crippen molar-refractivity contribution in [3.63, 3.8) is 0 Å². The number of nitrogens with one attached hydrogen (secondary N) is 1. The van der Waals surface area contributed by atoms with Crippen LogP contribution in [-0.2, 0) is 11.3 Å². The van der Waals surface area contributed by atoms with Crippen LogP contribution >= 0.6 is 34.7 Å². The van der Waals surface area contributed by atoms with Gasteiger partial charge in [0.2, 0.25) is 5.91 Å². The van der Waals surface area contributed by atoms with Gasteiger partial charge in [-0.25, -0.2) is 4.98 Å². The van der Waals surface area contributed by atoms with Crippen LogP contribution in [0.25, 0.3) is 10.2 Å². The minimum Gasteiger partial charge on any atom is -0.495 e. The van der Waals surface area contributed by atoms with Gasteiger partial charge in [-0.05, 0) is 44.0 Å². The summed E-state index contributed by atoms with van der Waals surface area (Å²) in [5.41, 5.74) is 1.46. The van der Waals surface area contributed by atoms with E-state index in [-0.39, 0.29) is 17.2 Å². The summed E-state index contributed by atoms with van der Waals surface area (Å²) in [5, 5.41) is 4.57. The number of methoxy groups -OCH3 is 1. The van der Waals surface area contributed by atoms with Crippen molar-refractivity contribution in [1.29, 1.82) is 0 Å². The Morgan fingerprint density at radius 2 is 2.13 bits per heavy atom. The predicted molar refractivity (Wildman–Crippen MR) is 126 cm³/mol. The lowest BCUT2D eigenvalue weighted by Crippen LogP contribution is -2.24. The van der Waals surface area contributed by atoms with Gasteiger partial charge in [-0.3, -0.25) is 14.2 Å². The van der Waals surface area contributed by atoms with Gasteiger partial charge in [-0.2, -0.15) is 0 Å². The second kappa shape index (κ2) is 9.85. The smallest absolute Gasteiger partial charge is 0.263 e. The number of anilines is 1. The van der Waals surface area contributed by atoms with Crippen LogP contribution in [-0.4, -0.2) is 28.3 Å². The van der Waals surface area contributed by atoms with Crippen molar-refractivity contribution in [2.75, 3.05) is 18.2 Å². The summed E-state index contributed by atoms with van der Waals surface area (Å²) in [4.78, 5) is 32.2. The highest BCUT2D eigenvalue weighted by molar-refractivity contribution is 7.99. The zero-order valence-corrected chi connectivity index (χ0v) is 19.8. The van der Waals surface area contributed by atoms with Crippen molar-refractivity contribution in [3.05, 3.63) is 44.0 Å². The first kappa shape index (κ1) is 22.7. The van der Waals surface area contributed by atoms with E-state index in [1.165, 1.54) is 30.2 Å². The molecule has 2 aromatic heterocycles. The van der Waals surface area contributed by atoms with Crippen LogP contribution in [0.3, 0.4) is 0 Å². The van der Waals surface area contributed by atoms with Gasteiger partial charge in [0.1, 0.15) is 10.6 Å².